The maximum Gasteiger partial charge on any atom is 0.138 e. The van der Waals surface area contributed by atoms with Crippen LogP contribution in [-0.4, -0.2) is 0 Å². The molecule has 3 heteroatoms. The van der Waals surface area contributed by atoms with Gasteiger partial charge in [0, 0.05) is 10.9 Å². The van der Waals surface area contributed by atoms with Crippen molar-refractivity contribution in [1.82, 2.24) is 0 Å². The first-order valence-corrected chi connectivity index (χ1v) is 5.03. The lowest BCUT2D eigenvalue weighted by Gasteiger charge is -2.17. The van der Waals surface area contributed by atoms with Crippen LogP contribution in [0.25, 0.3) is 0 Å². The van der Waals surface area contributed by atoms with Crippen LogP contribution < -0.4 is 0 Å². The van der Waals surface area contributed by atoms with Crippen molar-refractivity contribution in [3.63, 3.8) is 0 Å². The Labute approximate surface area is 78.6 Å². The molecule has 0 radical (unpaired) electrons. The molecule has 0 aliphatic heterocycles. The fraction of sp³-hybridized carbons (Fsp3) is 0.500. The second-order valence-corrected chi connectivity index (χ2v) is 5.68. The molecule has 0 unspecified atom stereocenters. The fourth-order valence-electron chi connectivity index (χ4n) is 0.968. The second kappa shape index (κ2) is 2.87. The molecule has 1 aromatic heterocycles. The van der Waals surface area contributed by atoms with E-state index in [1.807, 2.05) is 20.8 Å². The third-order valence-corrected chi connectivity index (χ3v) is 3.14. The van der Waals surface area contributed by atoms with Crippen LogP contribution in [0.3, 0.4) is 0 Å². The second-order valence-electron chi connectivity index (χ2n) is 3.48. The lowest BCUT2D eigenvalue weighted by molar-refractivity contribution is 0.526. The summed E-state index contributed by atoms with van der Waals surface area (Å²) in [6.07, 6.45) is 0. The monoisotopic (exact) mass is 236 g/mol. The van der Waals surface area contributed by atoms with Crippen molar-refractivity contribution in [2.45, 2.75) is 26.2 Å². The normalized spacial score (nSPS) is 12.1. The van der Waals surface area contributed by atoms with E-state index in [-0.39, 0.29) is 11.2 Å². The molecule has 1 rings (SSSR count). The molecule has 0 bridgehead atoms. The number of hydrogen-bond donors (Lipinski definition) is 0. The van der Waals surface area contributed by atoms with Gasteiger partial charge in [-0.25, -0.2) is 4.39 Å². The van der Waals surface area contributed by atoms with Crippen molar-refractivity contribution in [3.05, 3.63) is 20.5 Å². The molecule has 0 nitrogen and oxygen atoms in total. The molecular weight excluding hydrogens is 227 g/mol. The highest BCUT2D eigenvalue weighted by Gasteiger charge is 2.22. The Morgan fingerprint density at radius 2 is 2.00 bits per heavy atom. The summed E-state index contributed by atoms with van der Waals surface area (Å²) in [7, 11) is 0. The van der Waals surface area contributed by atoms with Gasteiger partial charge in [0.25, 0.3) is 0 Å². The standard InChI is InChI=1S/C8H10BrFS/c1-8(2,3)6-5(10)4-11-7(6)9/h4H,1-3H3. The lowest BCUT2D eigenvalue weighted by Crippen LogP contribution is -2.12. The molecule has 1 aromatic rings. The number of thiophene rings is 1. The van der Waals surface area contributed by atoms with E-state index in [2.05, 4.69) is 15.9 Å². The van der Waals surface area contributed by atoms with Crippen molar-refractivity contribution in [1.29, 1.82) is 0 Å². The number of hydrogen-bond acceptors (Lipinski definition) is 1. The molecule has 0 saturated carbocycles. The third kappa shape index (κ3) is 1.82. The molecule has 62 valence electrons. The molecule has 0 atom stereocenters. The van der Waals surface area contributed by atoms with Gasteiger partial charge in [0.05, 0.1) is 3.79 Å². The Morgan fingerprint density at radius 3 is 2.18 bits per heavy atom. The van der Waals surface area contributed by atoms with Gasteiger partial charge in [0.15, 0.2) is 0 Å². The van der Waals surface area contributed by atoms with Crippen molar-refractivity contribution in [2.75, 3.05) is 0 Å². The van der Waals surface area contributed by atoms with Crippen molar-refractivity contribution >= 4 is 27.3 Å². The Hall–Kier alpha value is 0.110. The molecule has 0 spiro atoms. The minimum absolute atomic E-state index is 0.102. The molecule has 1 heterocycles. The van der Waals surface area contributed by atoms with Gasteiger partial charge >= 0.3 is 0 Å². The quantitative estimate of drug-likeness (QED) is 0.640. The topological polar surface area (TPSA) is 0 Å². The summed E-state index contributed by atoms with van der Waals surface area (Å²) < 4.78 is 14.0. The predicted octanol–water partition coefficient (Wildman–Crippen LogP) is 3.95. The molecule has 0 amide bonds. The van der Waals surface area contributed by atoms with Crippen molar-refractivity contribution in [2.24, 2.45) is 0 Å². The van der Waals surface area contributed by atoms with Crippen LogP contribution in [0.5, 0.6) is 0 Å². The first-order valence-electron chi connectivity index (χ1n) is 3.36. The zero-order chi connectivity index (χ0) is 8.65. The van der Waals surface area contributed by atoms with Gasteiger partial charge in [0.2, 0.25) is 0 Å². The highest BCUT2D eigenvalue weighted by Crippen LogP contribution is 2.36. The van der Waals surface area contributed by atoms with E-state index < -0.39 is 0 Å². The Bertz CT molecular complexity index is 240. The van der Waals surface area contributed by atoms with E-state index in [4.69, 9.17) is 0 Å². The Morgan fingerprint density at radius 1 is 1.45 bits per heavy atom. The minimum Gasteiger partial charge on any atom is -0.206 e. The van der Waals surface area contributed by atoms with Crippen LogP contribution in [0.1, 0.15) is 26.3 Å². The summed E-state index contributed by atoms with van der Waals surface area (Å²) in [4.78, 5) is 0. The third-order valence-electron chi connectivity index (χ3n) is 1.45. The zero-order valence-electron chi connectivity index (χ0n) is 6.74. The summed E-state index contributed by atoms with van der Waals surface area (Å²) in [5.74, 6) is -0.102. The van der Waals surface area contributed by atoms with Gasteiger partial charge in [-0.15, -0.1) is 11.3 Å². The Kier molecular flexibility index (Phi) is 2.40. The summed E-state index contributed by atoms with van der Waals surface area (Å²) >= 11 is 4.73. The first kappa shape index (κ1) is 9.20. The molecular formula is C8H10BrFS. The van der Waals surface area contributed by atoms with Gasteiger partial charge in [-0.3, -0.25) is 0 Å². The summed E-state index contributed by atoms with van der Waals surface area (Å²) in [6.45, 7) is 6.01. The number of halogens is 2. The van der Waals surface area contributed by atoms with Gasteiger partial charge in [-0.2, -0.15) is 0 Å². The summed E-state index contributed by atoms with van der Waals surface area (Å²) in [5.41, 5.74) is 0.672. The molecule has 0 aromatic carbocycles. The minimum atomic E-state index is -0.108. The molecule has 0 saturated heterocycles. The van der Waals surface area contributed by atoms with E-state index in [9.17, 15) is 4.39 Å². The van der Waals surface area contributed by atoms with Gasteiger partial charge < -0.3 is 0 Å². The fourth-order valence-corrected chi connectivity index (χ4v) is 2.88. The van der Waals surface area contributed by atoms with Gasteiger partial charge in [0.1, 0.15) is 5.82 Å². The van der Waals surface area contributed by atoms with Gasteiger partial charge in [-0.05, 0) is 21.3 Å². The maximum atomic E-state index is 13.1. The molecule has 0 aliphatic carbocycles. The van der Waals surface area contributed by atoms with Crippen molar-refractivity contribution in [3.8, 4) is 0 Å². The van der Waals surface area contributed by atoms with E-state index >= 15 is 0 Å². The van der Waals surface area contributed by atoms with E-state index in [0.717, 1.165) is 9.35 Å². The molecule has 0 fully saturated rings. The maximum absolute atomic E-state index is 13.1. The average Bonchev–Trinajstić information content (AvgIpc) is 2.08. The van der Waals surface area contributed by atoms with E-state index in [0.29, 0.717) is 0 Å². The predicted molar refractivity (Wildman–Crippen MR) is 50.7 cm³/mol. The van der Waals surface area contributed by atoms with Crippen LogP contribution in [0, 0.1) is 5.82 Å². The SMILES string of the molecule is CC(C)(C)c1c(F)csc1Br. The van der Waals surface area contributed by atoms with Crippen LogP contribution in [0.4, 0.5) is 4.39 Å². The van der Waals surface area contributed by atoms with Gasteiger partial charge in [-0.1, -0.05) is 20.8 Å². The Balaban J connectivity index is 3.21. The first-order chi connectivity index (χ1) is 4.93. The molecule has 0 aliphatic rings. The average molecular weight is 237 g/mol. The van der Waals surface area contributed by atoms with Crippen LogP contribution >= 0.6 is 27.3 Å². The molecule has 0 N–H and O–H groups in total. The number of rotatable bonds is 0. The zero-order valence-corrected chi connectivity index (χ0v) is 9.14. The molecule has 11 heavy (non-hydrogen) atoms. The highest BCUT2D eigenvalue weighted by molar-refractivity contribution is 9.11. The van der Waals surface area contributed by atoms with Crippen LogP contribution in [0.15, 0.2) is 9.17 Å². The van der Waals surface area contributed by atoms with E-state index in [1.165, 1.54) is 16.7 Å². The summed E-state index contributed by atoms with van der Waals surface area (Å²) in [5, 5.41) is 1.53. The summed E-state index contributed by atoms with van der Waals surface area (Å²) in [6, 6.07) is 0. The smallest absolute Gasteiger partial charge is 0.138 e. The van der Waals surface area contributed by atoms with Crippen LogP contribution in [0.2, 0.25) is 0 Å². The van der Waals surface area contributed by atoms with Crippen LogP contribution in [-0.2, 0) is 5.41 Å². The highest BCUT2D eigenvalue weighted by atomic mass is 79.9. The largest absolute Gasteiger partial charge is 0.206 e. The van der Waals surface area contributed by atoms with E-state index in [1.54, 1.807) is 0 Å². The lowest BCUT2D eigenvalue weighted by atomic mass is 9.89. The van der Waals surface area contributed by atoms with Crippen molar-refractivity contribution < 1.29 is 4.39 Å².